The number of rotatable bonds is 2. The van der Waals surface area contributed by atoms with Gasteiger partial charge in [-0.25, -0.2) is 4.39 Å². The molecule has 5 heteroatoms. The molecule has 0 amide bonds. The third-order valence-corrected chi connectivity index (χ3v) is 3.07. The summed E-state index contributed by atoms with van der Waals surface area (Å²) in [6, 6.07) is 7.90. The minimum atomic E-state index is -0.543. The Morgan fingerprint density at radius 1 is 1.28 bits per heavy atom. The highest BCUT2D eigenvalue weighted by atomic mass is 19.1. The van der Waals surface area contributed by atoms with Gasteiger partial charge in [-0.2, -0.15) is 10.5 Å². The van der Waals surface area contributed by atoms with Gasteiger partial charge in [0.05, 0.1) is 11.6 Å². The Labute approximate surface area is 105 Å². The van der Waals surface area contributed by atoms with Crippen LogP contribution in [0.2, 0.25) is 0 Å². The Morgan fingerprint density at radius 2 is 2.00 bits per heavy atom. The van der Waals surface area contributed by atoms with Crippen molar-refractivity contribution >= 4 is 0 Å². The maximum absolute atomic E-state index is 13.3. The van der Waals surface area contributed by atoms with Crippen molar-refractivity contribution in [3.8, 4) is 12.1 Å². The number of hydrogen-bond donors (Lipinski definition) is 1. The van der Waals surface area contributed by atoms with E-state index in [0.717, 1.165) is 26.2 Å². The number of halogens is 1. The zero-order valence-corrected chi connectivity index (χ0v) is 9.86. The first-order chi connectivity index (χ1) is 8.76. The van der Waals surface area contributed by atoms with Crippen LogP contribution < -0.4 is 5.32 Å². The van der Waals surface area contributed by atoms with E-state index in [0.29, 0.717) is 5.56 Å². The van der Waals surface area contributed by atoms with Crippen molar-refractivity contribution < 1.29 is 4.39 Å². The average molecular weight is 244 g/mol. The molecular weight excluding hydrogens is 231 g/mol. The van der Waals surface area contributed by atoms with Crippen LogP contribution in [-0.2, 0) is 0 Å². The fourth-order valence-corrected chi connectivity index (χ4v) is 2.11. The summed E-state index contributed by atoms with van der Waals surface area (Å²) < 4.78 is 13.3. The summed E-state index contributed by atoms with van der Waals surface area (Å²) in [5.74, 6) is -0.543. The Morgan fingerprint density at radius 3 is 2.61 bits per heavy atom. The standard InChI is InChI=1S/C13H13FN4/c14-12-2-1-10(7-11(12)8-15)13(9-16)18-5-3-17-4-6-18/h1-2,7,13,17H,3-6H2. The molecule has 0 radical (unpaired) electrons. The molecule has 0 saturated carbocycles. The zero-order chi connectivity index (χ0) is 13.0. The van der Waals surface area contributed by atoms with E-state index in [1.54, 1.807) is 12.1 Å². The summed E-state index contributed by atoms with van der Waals surface area (Å²) in [5, 5.41) is 21.3. The van der Waals surface area contributed by atoms with E-state index in [2.05, 4.69) is 11.4 Å². The molecular formula is C13H13FN4. The summed E-state index contributed by atoms with van der Waals surface area (Å²) in [7, 11) is 0. The number of nitrogens with one attached hydrogen (secondary N) is 1. The molecule has 92 valence electrons. The molecule has 1 aromatic rings. The van der Waals surface area contributed by atoms with Gasteiger partial charge in [0, 0.05) is 26.2 Å². The molecule has 0 bridgehead atoms. The quantitative estimate of drug-likeness (QED) is 0.848. The van der Waals surface area contributed by atoms with E-state index in [1.807, 2.05) is 4.90 Å². The van der Waals surface area contributed by atoms with Crippen molar-refractivity contribution in [2.75, 3.05) is 26.2 Å². The molecule has 1 unspecified atom stereocenters. The van der Waals surface area contributed by atoms with Crippen LogP contribution in [0.4, 0.5) is 4.39 Å². The Balaban J connectivity index is 2.28. The molecule has 18 heavy (non-hydrogen) atoms. The largest absolute Gasteiger partial charge is 0.314 e. The second kappa shape index (κ2) is 5.59. The Bertz CT molecular complexity index is 509. The van der Waals surface area contributed by atoms with Gasteiger partial charge in [0.2, 0.25) is 0 Å². The van der Waals surface area contributed by atoms with Crippen molar-refractivity contribution in [3.63, 3.8) is 0 Å². The van der Waals surface area contributed by atoms with Crippen LogP contribution in [0.25, 0.3) is 0 Å². The molecule has 1 saturated heterocycles. The fraction of sp³-hybridized carbons (Fsp3) is 0.385. The van der Waals surface area contributed by atoms with E-state index < -0.39 is 11.9 Å². The zero-order valence-electron chi connectivity index (χ0n) is 9.86. The second-order valence-corrected chi connectivity index (χ2v) is 4.17. The molecule has 1 heterocycles. The topological polar surface area (TPSA) is 62.9 Å². The lowest BCUT2D eigenvalue weighted by Gasteiger charge is -2.31. The summed E-state index contributed by atoms with van der Waals surface area (Å²) in [4.78, 5) is 2.03. The van der Waals surface area contributed by atoms with Crippen LogP contribution in [-0.4, -0.2) is 31.1 Å². The molecule has 0 aliphatic carbocycles. The van der Waals surface area contributed by atoms with Crippen molar-refractivity contribution in [2.45, 2.75) is 6.04 Å². The lowest BCUT2D eigenvalue weighted by Crippen LogP contribution is -2.44. The van der Waals surface area contributed by atoms with Gasteiger partial charge in [-0.3, -0.25) is 4.90 Å². The summed E-state index contributed by atoms with van der Waals surface area (Å²) in [5.41, 5.74) is 0.667. The van der Waals surface area contributed by atoms with E-state index in [9.17, 15) is 9.65 Å². The highest BCUT2D eigenvalue weighted by Crippen LogP contribution is 2.22. The van der Waals surface area contributed by atoms with Crippen LogP contribution >= 0.6 is 0 Å². The minimum Gasteiger partial charge on any atom is -0.314 e. The summed E-state index contributed by atoms with van der Waals surface area (Å²) in [6.07, 6.45) is 0. The Kier molecular flexibility index (Phi) is 3.88. The number of hydrogen-bond acceptors (Lipinski definition) is 4. The van der Waals surface area contributed by atoms with Gasteiger partial charge in [-0.05, 0) is 17.7 Å². The molecule has 0 aromatic heterocycles. The summed E-state index contributed by atoms with van der Waals surface area (Å²) in [6.45, 7) is 3.23. The Hall–Kier alpha value is -1.95. The molecule has 2 rings (SSSR count). The van der Waals surface area contributed by atoms with Gasteiger partial charge in [0.15, 0.2) is 0 Å². The van der Waals surface area contributed by atoms with Crippen LogP contribution in [0.15, 0.2) is 18.2 Å². The maximum Gasteiger partial charge on any atom is 0.140 e. The number of piperazine rings is 1. The fourth-order valence-electron chi connectivity index (χ4n) is 2.11. The minimum absolute atomic E-state index is 0.0112. The van der Waals surface area contributed by atoms with Crippen LogP contribution in [0.1, 0.15) is 17.2 Å². The third kappa shape index (κ3) is 2.48. The van der Waals surface area contributed by atoms with E-state index in [4.69, 9.17) is 5.26 Å². The van der Waals surface area contributed by atoms with Crippen molar-refractivity contribution in [1.29, 1.82) is 10.5 Å². The monoisotopic (exact) mass is 244 g/mol. The average Bonchev–Trinajstić information content (AvgIpc) is 2.42. The number of nitrogens with zero attached hydrogens (tertiary/aromatic N) is 3. The van der Waals surface area contributed by atoms with Crippen molar-refractivity contribution in [1.82, 2.24) is 10.2 Å². The van der Waals surface area contributed by atoms with Gasteiger partial charge in [0.1, 0.15) is 17.9 Å². The third-order valence-electron chi connectivity index (χ3n) is 3.07. The lowest BCUT2D eigenvalue weighted by molar-refractivity contribution is 0.207. The predicted molar refractivity (Wildman–Crippen MR) is 63.9 cm³/mol. The van der Waals surface area contributed by atoms with Gasteiger partial charge in [-0.1, -0.05) is 6.07 Å². The second-order valence-electron chi connectivity index (χ2n) is 4.17. The highest BCUT2D eigenvalue weighted by molar-refractivity contribution is 5.37. The first-order valence-corrected chi connectivity index (χ1v) is 5.80. The highest BCUT2D eigenvalue weighted by Gasteiger charge is 2.22. The first-order valence-electron chi connectivity index (χ1n) is 5.80. The van der Waals surface area contributed by atoms with Crippen molar-refractivity contribution in [3.05, 3.63) is 35.1 Å². The van der Waals surface area contributed by atoms with E-state index in [-0.39, 0.29) is 5.56 Å². The van der Waals surface area contributed by atoms with Crippen LogP contribution in [0.3, 0.4) is 0 Å². The molecule has 1 atom stereocenters. The van der Waals surface area contributed by atoms with Crippen LogP contribution in [0, 0.1) is 28.5 Å². The smallest absolute Gasteiger partial charge is 0.140 e. The molecule has 1 aliphatic rings. The maximum atomic E-state index is 13.3. The van der Waals surface area contributed by atoms with Gasteiger partial charge < -0.3 is 5.32 Å². The molecule has 0 spiro atoms. The van der Waals surface area contributed by atoms with Gasteiger partial charge in [0.25, 0.3) is 0 Å². The summed E-state index contributed by atoms with van der Waals surface area (Å²) >= 11 is 0. The number of benzene rings is 1. The van der Waals surface area contributed by atoms with Crippen molar-refractivity contribution in [2.24, 2.45) is 0 Å². The van der Waals surface area contributed by atoms with Gasteiger partial charge >= 0.3 is 0 Å². The normalized spacial score (nSPS) is 17.7. The SMILES string of the molecule is N#Cc1cc(C(C#N)N2CCNCC2)ccc1F. The molecule has 1 aliphatic heterocycles. The molecule has 1 N–H and O–H groups in total. The lowest BCUT2D eigenvalue weighted by atomic mass is 10.0. The predicted octanol–water partition coefficient (Wildman–Crippen LogP) is 1.17. The van der Waals surface area contributed by atoms with E-state index >= 15 is 0 Å². The van der Waals surface area contributed by atoms with E-state index in [1.165, 1.54) is 12.1 Å². The van der Waals surface area contributed by atoms with Crippen LogP contribution in [0.5, 0.6) is 0 Å². The first kappa shape index (κ1) is 12.5. The molecule has 1 fully saturated rings. The molecule has 4 nitrogen and oxygen atoms in total. The molecule has 1 aromatic carbocycles. The number of nitriles is 2. The van der Waals surface area contributed by atoms with Gasteiger partial charge in [-0.15, -0.1) is 0 Å².